The van der Waals surface area contributed by atoms with Crippen LogP contribution in [0.25, 0.3) is 22.3 Å². The van der Waals surface area contributed by atoms with Crippen LogP contribution in [-0.2, 0) is 4.79 Å². The van der Waals surface area contributed by atoms with Crippen molar-refractivity contribution in [2.75, 3.05) is 14.2 Å². The van der Waals surface area contributed by atoms with Crippen molar-refractivity contribution in [3.63, 3.8) is 0 Å². The highest BCUT2D eigenvalue weighted by atomic mass is 16.5. The van der Waals surface area contributed by atoms with Crippen molar-refractivity contribution < 1.29 is 49.0 Å². The van der Waals surface area contributed by atoms with Crippen LogP contribution in [0.3, 0.4) is 0 Å². The van der Waals surface area contributed by atoms with Gasteiger partial charge in [0.1, 0.15) is 22.5 Å². The SMILES string of the molecule is COc1cc([C@@H]2CC(=O)Oc3cc(O)c4c(=O)c(O)c(-c5ccc(O)c(O)c5)oc4c32)cc(OC)c1O. The van der Waals surface area contributed by atoms with Crippen LogP contribution in [0, 0.1) is 0 Å². The Hall–Kier alpha value is -5.06. The molecule has 0 spiro atoms. The van der Waals surface area contributed by atoms with Crippen LogP contribution in [0.15, 0.2) is 45.6 Å². The molecule has 0 saturated heterocycles. The molecular weight excluding hydrogens is 488 g/mol. The highest BCUT2D eigenvalue weighted by molar-refractivity contribution is 5.94. The first kappa shape index (κ1) is 23.7. The van der Waals surface area contributed by atoms with Crippen LogP contribution in [0.5, 0.6) is 46.0 Å². The van der Waals surface area contributed by atoms with Gasteiger partial charge < -0.3 is 44.2 Å². The average molecular weight is 508 g/mol. The minimum Gasteiger partial charge on any atom is -0.507 e. The third-order valence-electron chi connectivity index (χ3n) is 6.21. The molecular formula is C26H20O11. The first-order chi connectivity index (χ1) is 17.6. The zero-order chi connectivity index (χ0) is 26.6. The summed E-state index contributed by atoms with van der Waals surface area (Å²) in [5.41, 5.74) is -0.440. The second-order valence-corrected chi connectivity index (χ2v) is 8.33. The van der Waals surface area contributed by atoms with E-state index in [0.717, 1.165) is 18.2 Å². The molecule has 0 saturated carbocycles. The maximum absolute atomic E-state index is 13.2. The van der Waals surface area contributed by atoms with Crippen molar-refractivity contribution in [2.45, 2.75) is 12.3 Å². The molecule has 0 unspecified atom stereocenters. The molecule has 0 radical (unpaired) electrons. The third-order valence-corrected chi connectivity index (χ3v) is 6.21. The topological polar surface area (TPSA) is 176 Å². The summed E-state index contributed by atoms with van der Waals surface area (Å²) in [7, 11) is 2.69. The standard InChI is InChI=1S/C26H20O11/c1-34-17-6-11(7-18(35-2)22(17)31)12-8-19(30)36-16-9-15(29)21-23(32)24(33)25(37-26(21)20(12)16)10-3-4-13(27)14(28)5-10/h3-7,9,12,27-29,31,33H,8H2,1-2H3/t12-/m0/s1. The fourth-order valence-corrected chi connectivity index (χ4v) is 4.44. The number of hydrogen-bond donors (Lipinski definition) is 5. The van der Waals surface area contributed by atoms with E-state index in [1.807, 2.05) is 0 Å². The lowest BCUT2D eigenvalue weighted by Gasteiger charge is -2.27. The van der Waals surface area contributed by atoms with Gasteiger partial charge in [-0.1, -0.05) is 0 Å². The van der Waals surface area contributed by atoms with Crippen molar-refractivity contribution in [2.24, 2.45) is 0 Å². The second-order valence-electron chi connectivity index (χ2n) is 8.33. The minimum absolute atomic E-state index is 0.0567. The summed E-state index contributed by atoms with van der Waals surface area (Å²) in [6.07, 6.45) is -0.204. The highest BCUT2D eigenvalue weighted by Crippen LogP contribution is 2.49. The Labute approximate surface area is 207 Å². The van der Waals surface area contributed by atoms with Crippen molar-refractivity contribution in [1.82, 2.24) is 0 Å². The van der Waals surface area contributed by atoms with E-state index in [9.17, 15) is 35.1 Å². The molecule has 1 aromatic heterocycles. The van der Waals surface area contributed by atoms with Gasteiger partial charge in [-0.05, 0) is 35.9 Å². The maximum Gasteiger partial charge on any atom is 0.312 e. The summed E-state index contributed by atoms with van der Waals surface area (Å²) in [4.78, 5) is 25.7. The molecule has 3 aromatic carbocycles. The molecule has 5 N–H and O–H groups in total. The van der Waals surface area contributed by atoms with E-state index < -0.39 is 40.3 Å². The van der Waals surface area contributed by atoms with E-state index in [0.29, 0.717) is 5.56 Å². The van der Waals surface area contributed by atoms with Crippen LogP contribution in [-0.4, -0.2) is 45.7 Å². The van der Waals surface area contributed by atoms with Crippen molar-refractivity contribution in [3.05, 3.63) is 57.7 Å². The van der Waals surface area contributed by atoms with Gasteiger partial charge in [0.25, 0.3) is 0 Å². The molecule has 0 bridgehead atoms. The number of ether oxygens (including phenoxy) is 3. The van der Waals surface area contributed by atoms with E-state index in [4.69, 9.17) is 18.6 Å². The van der Waals surface area contributed by atoms with E-state index in [1.54, 1.807) is 0 Å². The Balaban J connectivity index is 1.85. The van der Waals surface area contributed by atoms with Gasteiger partial charge in [-0.3, -0.25) is 9.59 Å². The van der Waals surface area contributed by atoms with Crippen LogP contribution >= 0.6 is 0 Å². The third kappa shape index (κ3) is 3.68. The van der Waals surface area contributed by atoms with Crippen LogP contribution < -0.4 is 19.6 Å². The van der Waals surface area contributed by atoms with Crippen LogP contribution in [0.4, 0.5) is 0 Å². The molecule has 190 valence electrons. The second kappa shape index (κ2) is 8.55. The minimum atomic E-state index is -0.972. The highest BCUT2D eigenvalue weighted by Gasteiger charge is 2.35. The molecule has 0 fully saturated rings. The number of rotatable bonds is 4. The van der Waals surface area contributed by atoms with E-state index in [1.165, 1.54) is 32.4 Å². The van der Waals surface area contributed by atoms with Crippen molar-refractivity contribution in [1.29, 1.82) is 0 Å². The van der Waals surface area contributed by atoms with Gasteiger partial charge in [0, 0.05) is 23.1 Å². The molecule has 1 aliphatic heterocycles. The molecule has 4 aromatic rings. The number of fused-ring (bicyclic) bond motifs is 3. The number of carbonyl (C=O) groups is 1. The summed E-state index contributed by atoms with van der Waals surface area (Å²) >= 11 is 0. The summed E-state index contributed by atoms with van der Waals surface area (Å²) < 4.78 is 21.8. The van der Waals surface area contributed by atoms with Gasteiger partial charge in [0.15, 0.2) is 28.8 Å². The first-order valence-electron chi connectivity index (χ1n) is 10.9. The fourth-order valence-electron chi connectivity index (χ4n) is 4.44. The molecule has 1 atom stereocenters. The average Bonchev–Trinajstić information content (AvgIpc) is 2.87. The molecule has 0 amide bonds. The normalized spacial score (nSPS) is 14.8. The Morgan fingerprint density at radius 2 is 1.51 bits per heavy atom. The Morgan fingerprint density at radius 1 is 0.838 bits per heavy atom. The molecule has 11 heteroatoms. The molecule has 1 aliphatic rings. The van der Waals surface area contributed by atoms with Gasteiger partial charge in [0.05, 0.1) is 20.6 Å². The van der Waals surface area contributed by atoms with Crippen molar-refractivity contribution in [3.8, 4) is 57.3 Å². The number of methoxy groups -OCH3 is 2. The van der Waals surface area contributed by atoms with Crippen LogP contribution in [0.2, 0.25) is 0 Å². The lowest BCUT2D eigenvalue weighted by molar-refractivity contribution is -0.135. The Morgan fingerprint density at radius 3 is 2.14 bits per heavy atom. The smallest absolute Gasteiger partial charge is 0.312 e. The van der Waals surface area contributed by atoms with Crippen LogP contribution in [0.1, 0.15) is 23.5 Å². The quantitative estimate of drug-likeness (QED) is 0.155. The number of benzene rings is 3. The number of carbonyl (C=O) groups excluding carboxylic acids is 1. The number of phenols is 4. The molecule has 5 rings (SSSR count). The fraction of sp³-hybridized carbons (Fsp3) is 0.154. The van der Waals surface area contributed by atoms with E-state index >= 15 is 0 Å². The van der Waals surface area contributed by atoms with Crippen molar-refractivity contribution >= 4 is 16.9 Å². The summed E-state index contributed by atoms with van der Waals surface area (Å²) in [5.74, 6) is -4.37. The summed E-state index contributed by atoms with van der Waals surface area (Å²) in [6, 6.07) is 7.59. The zero-order valence-corrected chi connectivity index (χ0v) is 19.4. The first-order valence-corrected chi connectivity index (χ1v) is 10.9. The van der Waals surface area contributed by atoms with E-state index in [-0.39, 0.29) is 57.3 Å². The van der Waals surface area contributed by atoms with Gasteiger partial charge in [-0.15, -0.1) is 0 Å². The molecule has 0 aliphatic carbocycles. The summed E-state index contributed by atoms with van der Waals surface area (Å²) in [6.45, 7) is 0. The maximum atomic E-state index is 13.2. The van der Waals surface area contributed by atoms with E-state index in [2.05, 4.69) is 0 Å². The summed E-state index contributed by atoms with van der Waals surface area (Å²) in [5, 5.41) is 50.8. The predicted octanol–water partition coefficient (Wildman–Crippen LogP) is 3.45. The zero-order valence-electron chi connectivity index (χ0n) is 19.4. The number of aromatic hydroxyl groups is 5. The Bertz CT molecular complexity index is 1630. The number of phenolic OH excluding ortho intramolecular Hbond substituents is 4. The van der Waals surface area contributed by atoms with Gasteiger partial charge >= 0.3 is 5.97 Å². The predicted molar refractivity (Wildman–Crippen MR) is 128 cm³/mol. The van der Waals surface area contributed by atoms with Gasteiger partial charge in [0.2, 0.25) is 16.9 Å². The van der Waals surface area contributed by atoms with Gasteiger partial charge in [-0.25, -0.2) is 0 Å². The molecule has 11 nitrogen and oxygen atoms in total. The van der Waals surface area contributed by atoms with Gasteiger partial charge in [-0.2, -0.15) is 0 Å². The molecule has 37 heavy (non-hydrogen) atoms. The number of esters is 1. The largest absolute Gasteiger partial charge is 0.507 e. The lowest BCUT2D eigenvalue weighted by Crippen LogP contribution is -2.22. The molecule has 2 heterocycles. The monoisotopic (exact) mass is 508 g/mol. The number of hydrogen-bond acceptors (Lipinski definition) is 11. The Kier molecular flexibility index (Phi) is 5.47. The lowest BCUT2D eigenvalue weighted by atomic mass is 9.84.